The first-order valence-electron chi connectivity index (χ1n) is 8.98. The number of amides is 1. The Morgan fingerprint density at radius 2 is 1.64 bits per heavy atom. The van der Waals surface area contributed by atoms with Crippen LogP contribution >= 0.6 is 23.5 Å². The molecule has 0 bridgehead atoms. The van der Waals surface area contributed by atoms with Crippen molar-refractivity contribution in [1.29, 1.82) is 0 Å². The van der Waals surface area contributed by atoms with Gasteiger partial charge < -0.3 is 10.1 Å². The predicted octanol–water partition coefficient (Wildman–Crippen LogP) is 6.03. The summed E-state index contributed by atoms with van der Waals surface area (Å²) in [6, 6.07) is 24.3. The maximum atomic E-state index is 12.3. The molecule has 3 rings (SSSR count). The fourth-order valence-electron chi connectivity index (χ4n) is 2.65. The van der Waals surface area contributed by atoms with E-state index in [1.807, 2.05) is 55.1 Å². The molecule has 0 radical (unpaired) electrons. The van der Waals surface area contributed by atoms with Crippen LogP contribution in [0.2, 0.25) is 0 Å². The van der Waals surface area contributed by atoms with Crippen molar-refractivity contribution in [3.63, 3.8) is 0 Å². The molecule has 1 amide bonds. The minimum Gasteiger partial charge on any atom is -0.497 e. The number of hydrogen-bond donors (Lipinski definition) is 1. The number of thioether (sulfide) groups is 2. The second-order valence-electron chi connectivity index (χ2n) is 6.26. The molecule has 0 unspecified atom stereocenters. The maximum Gasteiger partial charge on any atom is 0.234 e. The van der Waals surface area contributed by atoms with Crippen molar-refractivity contribution >= 4 is 35.1 Å². The zero-order valence-electron chi connectivity index (χ0n) is 16.0. The molecular formula is C23H23NO2S2. The summed E-state index contributed by atoms with van der Waals surface area (Å²) in [5, 5.41) is 3.01. The van der Waals surface area contributed by atoms with Crippen LogP contribution in [0.3, 0.4) is 0 Å². The summed E-state index contributed by atoms with van der Waals surface area (Å²) in [5.74, 6) is 2.09. The molecule has 0 atom stereocenters. The second kappa shape index (κ2) is 10.2. The Bertz CT molecular complexity index is 912. The van der Waals surface area contributed by atoms with Crippen molar-refractivity contribution in [3.05, 3.63) is 83.9 Å². The highest BCUT2D eigenvalue weighted by Crippen LogP contribution is 2.26. The van der Waals surface area contributed by atoms with Crippen LogP contribution in [0.25, 0.3) is 0 Å². The van der Waals surface area contributed by atoms with E-state index in [9.17, 15) is 4.79 Å². The summed E-state index contributed by atoms with van der Waals surface area (Å²) in [6.45, 7) is 2.03. The van der Waals surface area contributed by atoms with Gasteiger partial charge in [-0.3, -0.25) is 4.79 Å². The van der Waals surface area contributed by atoms with Gasteiger partial charge in [-0.25, -0.2) is 0 Å². The number of nitrogens with one attached hydrogen (secondary N) is 1. The van der Waals surface area contributed by atoms with Crippen molar-refractivity contribution in [3.8, 4) is 5.75 Å². The third-order valence-corrected chi connectivity index (χ3v) is 6.24. The summed E-state index contributed by atoms with van der Waals surface area (Å²) >= 11 is 3.32. The van der Waals surface area contributed by atoms with Gasteiger partial charge in [-0.15, -0.1) is 23.5 Å². The van der Waals surface area contributed by atoms with Gasteiger partial charge in [0.15, 0.2) is 0 Å². The molecule has 0 heterocycles. The number of carbonyl (C=O) groups excluding carboxylic acids is 1. The molecule has 5 heteroatoms. The van der Waals surface area contributed by atoms with Gasteiger partial charge in [-0.2, -0.15) is 0 Å². The van der Waals surface area contributed by atoms with Gasteiger partial charge in [0, 0.05) is 21.2 Å². The Morgan fingerprint density at radius 1 is 0.929 bits per heavy atom. The van der Waals surface area contributed by atoms with Crippen LogP contribution in [0.15, 0.2) is 82.6 Å². The number of anilines is 1. The molecule has 3 aromatic rings. The first-order chi connectivity index (χ1) is 13.6. The predicted molar refractivity (Wildman–Crippen MR) is 120 cm³/mol. The number of hydrogen-bond acceptors (Lipinski definition) is 4. The molecule has 0 aliphatic heterocycles. The summed E-state index contributed by atoms with van der Waals surface area (Å²) in [4.78, 5) is 14.6. The van der Waals surface area contributed by atoms with Crippen molar-refractivity contribution < 1.29 is 9.53 Å². The number of benzene rings is 3. The number of methoxy groups -OCH3 is 1. The highest BCUT2D eigenvalue weighted by Gasteiger charge is 2.07. The van der Waals surface area contributed by atoms with Gasteiger partial charge >= 0.3 is 0 Å². The van der Waals surface area contributed by atoms with E-state index < -0.39 is 0 Å². The zero-order chi connectivity index (χ0) is 19.8. The normalized spacial score (nSPS) is 10.5. The number of rotatable bonds is 8. The fourth-order valence-corrected chi connectivity index (χ4v) is 4.21. The molecular weight excluding hydrogens is 386 g/mol. The van der Waals surface area contributed by atoms with Crippen LogP contribution in [0.5, 0.6) is 5.75 Å². The highest BCUT2D eigenvalue weighted by atomic mass is 32.2. The monoisotopic (exact) mass is 409 g/mol. The van der Waals surface area contributed by atoms with Crippen molar-refractivity contribution in [2.75, 3.05) is 18.2 Å². The van der Waals surface area contributed by atoms with Crippen LogP contribution < -0.4 is 10.1 Å². The molecule has 28 heavy (non-hydrogen) atoms. The molecule has 0 aromatic heterocycles. The summed E-state index contributed by atoms with van der Waals surface area (Å²) in [5.41, 5.74) is 3.19. The summed E-state index contributed by atoms with van der Waals surface area (Å²) in [6.07, 6.45) is 0. The van der Waals surface area contributed by atoms with Crippen LogP contribution in [0.1, 0.15) is 11.1 Å². The summed E-state index contributed by atoms with van der Waals surface area (Å²) < 4.78 is 5.15. The van der Waals surface area contributed by atoms with E-state index in [1.165, 1.54) is 22.2 Å². The van der Waals surface area contributed by atoms with Crippen LogP contribution in [0.4, 0.5) is 5.69 Å². The molecule has 0 saturated carbocycles. The third-order valence-electron chi connectivity index (χ3n) is 4.14. The van der Waals surface area contributed by atoms with Gasteiger partial charge in [0.05, 0.1) is 12.9 Å². The van der Waals surface area contributed by atoms with Crippen LogP contribution in [0, 0.1) is 6.92 Å². The lowest BCUT2D eigenvalue weighted by Gasteiger charge is -2.10. The first-order valence-corrected chi connectivity index (χ1v) is 11.0. The van der Waals surface area contributed by atoms with Gasteiger partial charge in [-0.1, -0.05) is 30.3 Å². The van der Waals surface area contributed by atoms with Crippen molar-refractivity contribution in [2.24, 2.45) is 0 Å². The van der Waals surface area contributed by atoms with E-state index >= 15 is 0 Å². The van der Waals surface area contributed by atoms with E-state index in [1.54, 1.807) is 7.11 Å². The van der Waals surface area contributed by atoms with Gasteiger partial charge in [0.25, 0.3) is 0 Å². The topological polar surface area (TPSA) is 38.3 Å². The molecule has 0 spiro atoms. The minimum absolute atomic E-state index is 0.00433. The largest absolute Gasteiger partial charge is 0.497 e. The molecule has 144 valence electrons. The lowest BCUT2D eigenvalue weighted by molar-refractivity contribution is -0.113. The lowest BCUT2D eigenvalue weighted by Crippen LogP contribution is -2.14. The quantitative estimate of drug-likeness (QED) is 0.461. The lowest BCUT2D eigenvalue weighted by atomic mass is 10.1. The Balaban J connectivity index is 1.51. The van der Waals surface area contributed by atoms with Gasteiger partial charge in [0.2, 0.25) is 5.91 Å². The third kappa shape index (κ3) is 6.08. The van der Waals surface area contributed by atoms with E-state index in [0.29, 0.717) is 5.75 Å². The molecule has 1 N–H and O–H groups in total. The molecule has 0 fully saturated rings. The Kier molecular flexibility index (Phi) is 7.46. The molecule has 0 aliphatic rings. The molecule has 0 saturated heterocycles. The molecule has 0 aliphatic carbocycles. The van der Waals surface area contributed by atoms with Gasteiger partial charge in [0.1, 0.15) is 5.75 Å². The number of aryl methyl sites for hydroxylation is 1. The first kappa shape index (κ1) is 20.4. The van der Waals surface area contributed by atoms with E-state index in [2.05, 4.69) is 41.7 Å². The molecule has 3 aromatic carbocycles. The van der Waals surface area contributed by atoms with E-state index in [-0.39, 0.29) is 5.91 Å². The van der Waals surface area contributed by atoms with Crippen molar-refractivity contribution in [2.45, 2.75) is 22.5 Å². The standard InChI is InChI=1S/C23H23NO2S2/c1-17-14-18(15-27-20-6-4-3-5-7-20)8-13-22(17)24-23(25)16-28-21-11-9-19(26-2)10-12-21/h3-14H,15-16H2,1-2H3,(H,24,25). The zero-order valence-corrected chi connectivity index (χ0v) is 17.6. The van der Waals surface area contributed by atoms with Gasteiger partial charge in [-0.05, 0) is 60.5 Å². The SMILES string of the molecule is COc1ccc(SCC(=O)Nc2ccc(CSc3ccccc3)cc2C)cc1. The maximum absolute atomic E-state index is 12.3. The Hall–Kier alpha value is -2.37. The smallest absolute Gasteiger partial charge is 0.234 e. The summed E-state index contributed by atoms with van der Waals surface area (Å²) in [7, 11) is 1.64. The minimum atomic E-state index is -0.00433. The number of carbonyl (C=O) groups is 1. The average molecular weight is 410 g/mol. The molecule has 3 nitrogen and oxygen atoms in total. The number of ether oxygens (including phenoxy) is 1. The van der Waals surface area contributed by atoms with E-state index in [0.717, 1.165) is 27.6 Å². The second-order valence-corrected chi connectivity index (χ2v) is 8.36. The van der Waals surface area contributed by atoms with E-state index in [4.69, 9.17) is 4.74 Å². The Morgan fingerprint density at radius 3 is 2.32 bits per heavy atom. The fraction of sp³-hybridized carbons (Fsp3) is 0.174. The highest BCUT2D eigenvalue weighted by molar-refractivity contribution is 8.00. The van der Waals surface area contributed by atoms with Crippen LogP contribution in [-0.4, -0.2) is 18.8 Å². The van der Waals surface area contributed by atoms with Crippen LogP contribution in [-0.2, 0) is 10.5 Å². The average Bonchev–Trinajstić information content (AvgIpc) is 2.73. The van der Waals surface area contributed by atoms with Crippen molar-refractivity contribution in [1.82, 2.24) is 0 Å². The Labute approximate surface area is 174 Å².